The molecule has 0 saturated carbocycles. The summed E-state index contributed by atoms with van der Waals surface area (Å²) in [5.41, 5.74) is 3.66. The van der Waals surface area contributed by atoms with Crippen LogP contribution in [0.15, 0.2) is 103 Å². The Morgan fingerprint density at radius 3 is 1.94 bits per heavy atom. The van der Waals surface area contributed by atoms with Gasteiger partial charge in [0, 0.05) is 29.3 Å². The number of carbonyl (C=O) groups is 3. The minimum absolute atomic E-state index is 0.276. The van der Waals surface area contributed by atoms with E-state index in [0.29, 0.717) is 28.1 Å². The van der Waals surface area contributed by atoms with Gasteiger partial charge >= 0.3 is 0 Å². The highest BCUT2D eigenvalue weighted by Crippen LogP contribution is 2.24. The zero-order valence-corrected chi connectivity index (χ0v) is 18.6. The van der Waals surface area contributed by atoms with Crippen LogP contribution in [-0.2, 0) is 4.79 Å². The van der Waals surface area contributed by atoms with E-state index in [1.807, 2.05) is 25.1 Å². The molecule has 0 aliphatic carbocycles. The van der Waals surface area contributed by atoms with Gasteiger partial charge in [0.25, 0.3) is 5.91 Å². The number of amides is 2. The summed E-state index contributed by atoms with van der Waals surface area (Å²) in [5, 5.41) is 5.62. The molecule has 2 amide bonds. The van der Waals surface area contributed by atoms with Gasteiger partial charge < -0.3 is 10.6 Å². The van der Waals surface area contributed by atoms with Gasteiger partial charge in [-0.15, -0.1) is 0 Å². The van der Waals surface area contributed by atoms with E-state index >= 15 is 0 Å². The molecule has 0 radical (unpaired) electrons. The quantitative estimate of drug-likeness (QED) is 0.298. The number of benzene rings is 3. The van der Waals surface area contributed by atoms with E-state index in [0.717, 1.165) is 5.56 Å². The molecule has 1 atom stereocenters. The van der Waals surface area contributed by atoms with Crippen molar-refractivity contribution in [3.05, 3.63) is 126 Å². The minimum atomic E-state index is -0.993. The molecule has 6 heteroatoms. The standard InChI is InChI=1S/C28H23N3O3/c1-19-9-11-20(12-10-19)25(26(32)21-6-3-2-4-7-21)28(34)31-24-15-13-23(14-16-24)30-27(33)22-8-5-17-29-18-22/h2-18,25H,1H3,(H,30,33)(H,31,34). The van der Waals surface area contributed by atoms with Crippen LogP contribution in [0.2, 0.25) is 0 Å². The molecule has 168 valence electrons. The van der Waals surface area contributed by atoms with Crippen molar-refractivity contribution in [2.75, 3.05) is 10.6 Å². The molecular weight excluding hydrogens is 426 g/mol. The summed E-state index contributed by atoms with van der Waals surface area (Å²) >= 11 is 0. The Labute approximate surface area is 197 Å². The number of hydrogen-bond donors (Lipinski definition) is 2. The summed E-state index contributed by atoms with van der Waals surface area (Å²) in [7, 11) is 0. The Morgan fingerprint density at radius 1 is 0.706 bits per heavy atom. The van der Waals surface area contributed by atoms with Crippen molar-refractivity contribution >= 4 is 29.0 Å². The van der Waals surface area contributed by atoms with Crippen LogP contribution in [0.5, 0.6) is 0 Å². The number of pyridine rings is 1. The number of nitrogens with one attached hydrogen (secondary N) is 2. The molecule has 34 heavy (non-hydrogen) atoms. The van der Waals surface area contributed by atoms with E-state index in [9.17, 15) is 14.4 Å². The van der Waals surface area contributed by atoms with Gasteiger partial charge in [-0.2, -0.15) is 0 Å². The number of anilines is 2. The van der Waals surface area contributed by atoms with E-state index < -0.39 is 11.8 Å². The highest BCUT2D eigenvalue weighted by atomic mass is 16.2. The molecule has 2 N–H and O–H groups in total. The van der Waals surface area contributed by atoms with Crippen molar-refractivity contribution in [2.24, 2.45) is 0 Å². The summed E-state index contributed by atoms with van der Waals surface area (Å²) in [6.45, 7) is 1.95. The molecule has 1 aromatic heterocycles. The third-order valence-corrected chi connectivity index (χ3v) is 5.33. The summed E-state index contributed by atoms with van der Waals surface area (Å²) in [5.74, 6) is -1.97. The van der Waals surface area contributed by atoms with Gasteiger partial charge in [0.05, 0.1) is 5.56 Å². The summed E-state index contributed by atoms with van der Waals surface area (Å²) < 4.78 is 0. The van der Waals surface area contributed by atoms with E-state index in [2.05, 4.69) is 15.6 Å². The maximum atomic E-state index is 13.3. The fraction of sp³-hybridized carbons (Fsp3) is 0.0714. The molecule has 6 nitrogen and oxygen atoms in total. The van der Waals surface area contributed by atoms with Crippen molar-refractivity contribution in [3.8, 4) is 0 Å². The van der Waals surface area contributed by atoms with Gasteiger partial charge in [0.1, 0.15) is 5.92 Å². The average Bonchev–Trinajstić information content (AvgIpc) is 2.87. The first-order chi connectivity index (χ1) is 16.5. The predicted octanol–water partition coefficient (Wildman–Crippen LogP) is 5.25. The highest BCUT2D eigenvalue weighted by Gasteiger charge is 2.29. The zero-order chi connectivity index (χ0) is 23.9. The van der Waals surface area contributed by atoms with Crippen LogP contribution in [0.1, 0.15) is 37.8 Å². The lowest BCUT2D eigenvalue weighted by Crippen LogP contribution is -2.28. The molecule has 0 fully saturated rings. The average molecular weight is 450 g/mol. The maximum Gasteiger partial charge on any atom is 0.257 e. The first-order valence-electron chi connectivity index (χ1n) is 10.8. The molecule has 0 aliphatic rings. The number of carbonyl (C=O) groups excluding carboxylic acids is 3. The summed E-state index contributed by atoms with van der Waals surface area (Å²) in [6.07, 6.45) is 3.08. The van der Waals surface area contributed by atoms with Crippen LogP contribution in [0.4, 0.5) is 11.4 Å². The van der Waals surface area contributed by atoms with Crippen molar-refractivity contribution in [1.29, 1.82) is 0 Å². The zero-order valence-electron chi connectivity index (χ0n) is 18.6. The number of aromatic nitrogens is 1. The molecule has 0 saturated heterocycles. The lowest BCUT2D eigenvalue weighted by molar-refractivity contribution is -0.116. The lowest BCUT2D eigenvalue weighted by Gasteiger charge is -2.17. The van der Waals surface area contributed by atoms with Crippen molar-refractivity contribution < 1.29 is 14.4 Å². The Morgan fingerprint density at radius 2 is 1.32 bits per heavy atom. The second kappa shape index (κ2) is 10.4. The first kappa shape index (κ1) is 22.6. The SMILES string of the molecule is Cc1ccc(C(C(=O)Nc2ccc(NC(=O)c3cccnc3)cc2)C(=O)c2ccccc2)cc1. The second-order valence-corrected chi connectivity index (χ2v) is 7.84. The number of ketones is 1. The molecular formula is C28H23N3O3. The predicted molar refractivity (Wildman–Crippen MR) is 132 cm³/mol. The smallest absolute Gasteiger partial charge is 0.257 e. The van der Waals surface area contributed by atoms with Gasteiger partial charge in [-0.05, 0) is 48.9 Å². The third kappa shape index (κ3) is 5.42. The number of Topliss-reactive ketones (excluding diaryl/α,β-unsaturated/α-hetero) is 1. The van der Waals surface area contributed by atoms with Gasteiger partial charge in [-0.1, -0.05) is 60.2 Å². The van der Waals surface area contributed by atoms with Crippen molar-refractivity contribution in [3.63, 3.8) is 0 Å². The third-order valence-electron chi connectivity index (χ3n) is 5.33. The molecule has 1 heterocycles. The van der Waals surface area contributed by atoms with Crippen molar-refractivity contribution in [1.82, 2.24) is 4.98 Å². The molecule has 4 aromatic rings. The minimum Gasteiger partial charge on any atom is -0.325 e. The molecule has 1 unspecified atom stereocenters. The van der Waals surface area contributed by atoms with Crippen LogP contribution in [0.3, 0.4) is 0 Å². The van der Waals surface area contributed by atoms with Crippen LogP contribution in [0, 0.1) is 6.92 Å². The maximum absolute atomic E-state index is 13.3. The first-order valence-corrected chi connectivity index (χ1v) is 10.8. The Bertz CT molecular complexity index is 1290. The van der Waals surface area contributed by atoms with E-state index in [1.165, 1.54) is 6.20 Å². The topological polar surface area (TPSA) is 88.2 Å². The lowest BCUT2D eigenvalue weighted by atomic mass is 9.89. The molecule has 3 aromatic carbocycles. The Kier molecular flexibility index (Phi) is 6.89. The van der Waals surface area contributed by atoms with Gasteiger partial charge in [0.2, 0.25) is 5.91 Å². The summed E-state index contributed by atoms with van der Waals surface area (Å²) in [4.78, 5) is 42.7. The highest BCUT2D eigenvalue weighted by molar-refractivity contribution is 6.17. The van der Waals surface area contributed by atoms with E-state index in [-0.39, 0.29) is 11.7 Å². The normalized spacial score (nSPS) is 11.3. The molecule has 0 spiro atoms. The van der Waals surface area contributed by atoms with Crippen LogP contribution in [0.25, 0.3) is 0 Å². The summed E-state index contributed by atoms with van der Waals surface area (Å²) in [6, 6.07) is 26.2. The number of hydrogen-bond acceptors (Lipinski definition) is 4. The molecule has 0 aliphatic heterocycles. The van der Waals surface area contributed by atoms with E-state index in [4.69, 9.17) is 0 Å². The molecule has 4 rings (SSSR count). The number of nitrogens with zero attached hydrogens (tertiary/aromatic N) is 1. The van der Waals surface area contributed by atoms with Crippen LogP contribution >= 0.6 is 0 Å². The second-order valence-electron chi connectivity index (χ2n) is 7.84. The fourth-order valence-corrected chi connectivity index (χ4v) is 3.50. The van der Waals surface area contributed by atoms with E-state index in [1.54, 1.807) is 79.0 Å². The van der Waals surface area contributed by atoms with Crippen LogP contribution < -0.4 is 10.6 Å². The Hall–Kier alpha value is -4.58. The molecule has 0 bridgehead atoms. The van der Waals surface area contributed by atoms with Crippen molar-refractivity contribution in [2.45, 2.75) is 12.8 Å². The van der Waals surface area contributed by atoms with Crippen LogP contribution in [-0.4, -0.2) is 22.6 Å². The fourth-order valence-electron chi connectivity index (χ4n) is 3.50. The van der Waals surface area contributed by atoms with Gasteiger partial charge in [-0.25, -0.2) is 0 Å². The Balaban J connectivity index is 1.51. The largest absolute Gasteiger partial charge is 0.325 e. The van der Waals surface area contributed by atoms with Gasteiger partial charge in [0.15, 0.2) is 5.78 Å². The number of rotatable bonds is 7. The van der Waals surface area contributed by atoms with Gasteiger partial charge in [-0.3, -0.25) is 19.4 Å². The number of aryl methyl sites for hydroxylation is 1. The monoisotopic (exact) mass is 449 g/mol.